The fraction of sp³-hybridized carbons (Fsp3) is 0.0667. The van der Waals surface area contributed by atoms with Gasteiger partial charge in [0.15, 0.2) is 5.58 Å². The van der Waals surface area contributed by atoms with Gasteiger partial charge in [0.2, 0.25) is 5.89 Å². The number of carbonyl (C=O) groups excluding carboxylic acids is 1. The third-order valence-electron chi connectivity index (χ3n) is 2.90. The van der Waals surface area contributed by atoms with Gasteiger partial charge in [-0.1, -0.05) is 6.07 Å². The molecular weight excluding hydrogens is 262 g/mol. The van der Waals surface area contributed by atoms with Crippen LogP contribution >= 0.6 is 11.6 Å². The van der Waals surface area contributed by atoms with Crippen LogP contribution in [0.2, 0.25) is 0 Å². The van der Waals surface area contributed by atoms with Crippen LogP contribution in [0.25, 0.3) is 22.6 Å². The van der Waals surface area contributed by atoms with Gasteiger partial charge in [-0.15, -0.1) is 0 Å². The van der Waals surface area contributed by atoms with Gasteiger partial charge in [-0.3, -0.25) is 4.79 Å². The van der Waals surface area contributed by atoms with Crippen LogP contribution in [-0.4, -0.2) is 10.2 Å². The van der Waals surface area contributed by atoms with E-state index in [-0.39, 0.29) is 0 Å². The Kier molecular flexibility index (Phi) is 2.84. The summed E-state index contributed by atoms with van der Waals surface area (Å²) in [7, 11) is 0. The number of rotatable bonds is 2. The first-order chi connectivity index (χ1) is 9.13. The van der Waals surface area contributed by atoms with Crippen molar-refractivity contribution in [3.63, 3.8) is 0 Å². The van der Waals surface area contributed by atoms with Crippen molar-refractivity contribution >= 4 is 27.9 Å². The molecule has 1 heterocycles. The van der Waals surface area contributed by atoms with E-state index < -0.39 is 5.24 Å². The molecule has 0 radical (unpaired) electrons. The Morgan fingerprint density at radius 3 is 2.58 bits per heavy atom. The molecule has 0 bridgehead atoms. The molecule has 0 saturated heterocycles. The normalized spacial score (nSPS) is 10.8. The molecule has 19 heavy (non-hydrogen) atoms. The smallest absolute Gasteiger partial charge is 0.252 e. The molecule has 3 nitrogen and oxygen atoms in total. The molecule has 4 heteroatoms. The molecule has 0 spiro atoms. The van der Waals surface area contributed by atoms with Crippen molar-refractivity contribution in [1.29, 1.82) is 0 Å². The Labute approximate surface area is 114 Å². The minimum atomic E-state index is -0.472. The molecule has 0 atom stereocenters. The number of fused-ring (bicyclic) bond motifs is 1. The lowest BCUT2D eigenvalue weighted by Gasteiger charge is -1.96. The third kappa shape index (κ3) is 2.25. The zero-order chi connectivity index (χ0) is 13.4. The van der Waals surface area contributed by atoms with Gasteiger partial charge >= 0.3 is 0 Å². The molecule has 0 N–H and O–H groups in total. The summed E-state index contributed by atoms with van der Waals surface area (Å²) in [4.78, 5) is 15.4. The van der Waals surface area contributed by atoms with Crippen molar-refractivity contribution in [1.82, 2.24) is 4.98 Å². The van der Waals surface area contributed by atoms with E-state index in [1.54, 1.807) is 24.3 Å². The van der Waals surface area contributed by atoms with Crippen LogP contribution in [0.4, 0.5) is 0 Å². The molecule has 0 aliphatic rings. The number of carbonyl (C=O) groups is 1. The molecule has 3 rings (SSSR count). The van der Waals surface area contributed by atoms with E-state index >= 15 is 0 Å². The highest BCUT2D eigenvalue weighted by Gasteiger charge is 2.09. The van der Waals surface area contributed by atoms with Gasteiger partial charge in [-0.05, 0) is 60.5 Å². The Morgan fingerprint density at radius 2 is 1.89 bits per heavy atom. The molecule has 0 fully saturated rings. The van der Waals surface area contributed by atoms with Crippen LogP contribution in [0, 0.1) is 6.92 Å². The van der Waals surface area contributed by atoms with Crippen molar-refractivity contribution in [3.8, 4) is 11.5 Å². The number of halogens is 1. The number of oxazole rings is 1. The van der Waals surface area contributed by atoms with Crippen molar-refractivity contribution in [2.75, 3.05) is 0 Å². The van der Waals surface area contributed by atoms with Crippen LogP contribution < -0.4 is 0 Å². The van der Waals surface area contributed by atoms with E-state index in [2.05, 4.69) is 4.98 Å². The monoisotopic (exact) mass is 271 g/mol. The number of hydrogen-bond donors (Lipinski definition) is 0. The van der Waals surface area contributed by atoms with Crippen molar-refractivity contribution < 1.29 is 9.21 Å². The second kappa shape index (κ2) is 4.52. The molecule has 0 aliphatic carbocycles. The molecule has 0 unspecified atom stereocenters. The Balaban J connectivity index is 2.06. The highest BCUT2D eigenvalue weighted by Crippen LogP contribution is 2.25. The minimum Gasteiger partial charge on any atom is -0.436 e. The number of benzene rings is 2. The Morgan fingerprint density at radius 1 is 1.16 bits per heavy atom. The third-order valence-corrected chi connectivity index (χ3v) is 3.12. The minimum absolute atomic E-state index is 0.456. The zero-order valence-corrected chi connectivity index (χ0v) is 10.9. The van der Waals surface area contributed by atoms with E-state index in [1.807, 2.05) is 25.1 Å². The highest BCUT2D eigenvalue weighted by atomic mass is 35.5. The molecular formula is C15H10ClNO2. The predicted molar refractivity (Wildman–Crippen MR) is 74.4 cm³/mol. The van der Waals surface area contributed by atoms with Crippen LogP contribution in [0.3, 0.4) is 0 Å². The summed E-state index contributed by atoms with van der Waals surface area (Å²) >= 11 is 5.41. The van der Waals surface area contributed by atoms with Gasteiger partial charge in [-0.2, -0.15) is 0 Å². The van der Waals surface area contributed by atoms with Crippen molar-refractivity contribution in [3.05, 3.63) is 53.6 Å². The number of hydrogen-bond acceptors (Lipinski definition) is 3. The lowest BCUT2D eigenvalue weighted by atomic mass is 10.1. The van der Waals surface area contributed by atoms with E-state index in [0.29, 0.717) is 11.5 Å². The Hall–Kier alpha value is -2.13. The largest absolute Gasteiger partial charge is 0.436 e. The summed E-state index contributed by atoms with van der Waals surface area (Å²) in [5.41, 5.74) is 3.98. The number of nitrogens with zero attached hydrogens (tertiary/aromatic N) is 1. The molecule has 0 saturated carbocycles. The maximum absolute atomic E-state index is 11.0. The summed E-state index contributed by atoms with van der Waals surface area (Å²) in [5, 5.41) is -0.472. The lowest BCUT2D eigenvalue weighted by molar-refractivity contribution is 0.108. The average molecular weight is 272 g/mol. The SMILES string of the molecule is Cc1ccc2oc(-c3ccc(C(=O)Cl)cc3)nc2c1. The fourth-order valence-electron chi connectivity index (χ4n) is 1.90. The summed E-state index contributed by atoms with van der Waals surface area (Å²) in [6.45, 7) is 2.01. The fourth-order valence-corrected chi connectivity index (χ4v) is 2.03. The van der Waals surface area contributed by atoms with Gasteiger partial charge in [0, 0.05) is 11.1 Å². The first kappa shape index (κ1) is 11.9. The van der Waals surface area contributed by atoms with Gasteiger partial charge in [0.1, 0.15) is 5.52 Å². The topological polar surface area (TPSA) is 43.1 Å². The maximum atomic E-state index is 11.0. The van der Waals surface area contributed by atoms with Crippen molar-refractivity contribution in [2.24, 2.45) is 0 Å². The van der Waals surface area contributed by atoms with Gasteiger partial charge in [-0.25, -0.2) is 4.98 Å². The van der Waals surface area contributed by atoms with E-state index in [4.69, 9.17) is 16.0 Å². The molecule has 0 aliphatic heterocycles. The summed E-state index contributed by atoms with van der Waals surface area (Å²) in [5.74, 6) is 0.536. The number of aryl methyl sites for hydroxylation is 1. The van der Waals surface area contributed by atoms with Crippen LogP contribution in [-0.2, 0) is 0 Å². The first-order valence-corrected chi connectivity index (χ1v) is 6.19. The van der Waals surface area contributed by atoms with E-state index in [0.717, 1.165) is 22.2 Å². The van der Waals surface area contributed by atoms with E-state index in [1.165, 1.54) is 0 Å². The maximum Gasteiger partial charge on any atom is 0.252 e. The van der Waals surface area contributed by atoms with Crippen molar-refractivity contribution in [2.45, 2.75) is 6.92 Å². The predicted octanol–water partition coefficient (Wildman–Crippen LogP) is 4.18. The van der Waals surface area contributed by atoms with E-state index in [9.17, 15) is 4.79 Å². The summed E-state index contributed by atoms with van der Waals surface area (Å²) in [6.07, 6.45) is 0. The molecule has 0 amide bonds. The standard InChI is InChI=1S/C15H10ClNO2/c1-9-2-7-13-12(8-9)17-15(19-13)11-5-3-10(4-6-11)14(16)18/h2-8H,1H3. The molecule has 94 valence electrons. The van der Waals surface area contributed by atoms with Crippen LogP contribution in [0.1, 0.15) is 15.9 Å². The summed E-state index contributed by atoms with van der Waals surface area (Å²) < 4.78 is 5.68. The van der Waals surface area contributed by atoms with Crippen LogP contribution in [0.5, 0.6) is 0 Å². The quantitative estimate of drug-likeness (QED) is 0.657. The highest BCUT2D eigenvalue weighted by molar-refractivity contribution is 6.67. The Bertz CT molecular complexity index is 759. The molecule has 1 aromatic heterocycles. The van der Waals surface area contributed by atoms with Gasteiger partial charge < -0.3 is 4.42 Å². The molecule has 3 aromatic rings. The molecule has 2 aromatic carbocycles. The van der Waals surface area contributed by atoms with Crippen LogP contribution in [0.15, 0.2) is 46.9 Å². The zero-order valence-electron chi connectivity index (χ0n) is 10.2. The first-order valence-electron chi connectivity index (χ1n) is 5.81. The summed E-state index contributed by atoms with van der Waals surface area (Å²) in [6, 6.07) is 12.7. The second-order valence-corrected chi connectivity index (χ2v) is 4.68. The van der Waals surface area contributed by atoms with Gasteiger partial charge in [0.05, 0.1) is 0 Å². The second-order valence-electron chi connectivity index (χ2n) is 4.34. The van der Waals surface area contributed by atoms with Gasteiger partial charge in [0.25, 0.3) is 5.24 Å². The lowest BCUT2D eigenvalue weighted by Crippen LogP contribution is -1.87. The average Bonchev–Trinajstić information content (AvgIpc) is 2.81. The number of aromatic nitrogens is 1.